The van der Waals surface area contributed by atoms with Gasteiger partial charge in [0.05, 0.1) is 0 Å². The van der Waals surface area contributed by atoms with Crippen molar-refractivity contribution in [1.29, 1.82) is 0 Å². The van der Waals surface area contributed by atoms with Crippen molar-refractivity contribution in [3.05, 3.63) is 0 Å². The van der Waals surface area contributed by atoms with E-state index in [0.717, 1.165) is 25.7 Å². The second-order valence-corrected chi connectivity index (χ2v) is 16.9. The van der Waals surface area contributed by atoms with Crippen LogP contribution in [0.1, 0.15) is 53.4 Å². The van der Waals surface area contributed by atoms with E-state index in [2.05, 4.69) is 0 Å². The van der Waals surface area contributed by atoms with Gasteiger partial charge in [0, 0.05) is 29.5 Å². The Morgan fingerprint density at radius 1 is 0.448 bits per heavy atom. The Kier molecular flexibility index (Phi) is 30.2. The second-order valence-electron chi connectivity index (χ2n) is 6.95. The zero-order valence-corrected chi connectivity index (χ0v) is 25.6. The minimum atomic E-state index is -2.92. The van der Waals surface area contributed by atoms with Crippen molar-refractivity contribution in [2.45, 2.75) is 53.4 Å². The predicted molar refractivity (Wildman–Crippen MR) is 121 cm³/mol. The van der Waals surface area contributed by atoms with E-state index in [1.54, 1.807) is 0 Å². The molecule has 0 amide bonds. The van der Waals surface area contributed by atoms with Crippen molar-refractivity contribution in [1.82, 2.24) is 0 Å². The van der Waals surface area contributed by atoms with Gasteiger partial charge in [-0.1, -0.05) is 53.4 Å². The van der Waals surface area contributed by atoms with E-state index in [-0.39, 0.29) is 23.9 Å². The molecule has 13 heteroatoms. The topological polar surface area (TPSA) is 161 Å². The molecule has 0 rings (SSSR count). The third-order valence-corrected chi connectivity index (χ3v) is 7.56. The summed E-state index contributed by atoms with van der Waals surface area (Å²) in [5.41, 5.74) is 0. The molecule has 176 valence electrons. The van der Waals surface area contributed by atoms with Gasteiger partial charge in [-0.05, 0) is 51.3 Å². The molecule has 0 saturated heterocycles. The standard InChI is InChI=1S/4C4H11O2P.Sn/c4*1-3-4-7(2,5)6;/h4*3-4H2,1-2H3,(H,5,6);/q;;;;+4/p-4. The van der Waals surface area contributed by atoms with Crippen LogP contribution in [0.3, 0.4) is 0 Å². The van der Waals surface area contributed by atoms with E-state index in [1.807, 2.05) is 27.7 Å². The van der Waals surface area contributed by atoms with Gasteiger partial charge in [0.15, 0.2) is 0 Å². The maximum Gasteiger partial charge on any atom is 4.00 e. The average molecular weight is 603 g/mol. The molecular weight excluding hydrogens is 563 g/mol. The summed E-state index contributed by atoms with van der Waals surface area (Å²) in [7, 11) is -11.7. The fourth-order valence-corrected chi connectivity index (χ4v) is 4.87. The SMILES string of the molecule is CCCP(C)(=O)[O-].CCCP(C)(=O)[O-].CCCP(C)(=O)[O-].CCCP(C)(=O)[O-].[Sn+4]. The van der Waals surface area contributed by atoms with E-state index < -0.39 is 29.5 Å². The van der Waals surface area contributed by atoms with Gasteiger partial charge in [-0.3, -0.25) is 0 Å². The number of rotatable bonds is 8. The minimum Gasteiger partial charge on any atom is -0.799 e. The first-order valence-corrected chi connectivity index (χ1v) is 18.4. The van der Waals surface area contributed by atoms with Crippen molar-refractivity contribution in [2.24, 2.45) is 0 Å². The molecule has 0 aromatic heterocycles. The van der Waals surface area contributed by atoms with Gasteiger partial charge in [-0.25, -0.2) is 0 Å². The van der Waals surface area contributed by atoms with Gasteiger partial charge in [-0.2, -0.15) is 0 Å². The van der Waals surface area contributed by atoms with Crippen LogP contribution in [0.2, 0.25) is 0 Å². The van der Waals surface area contributed by atoms with Gasteiger partial charge >= 0.3 is 23.9 Å². The average Bonchev–Trinajstić information content (AvgIpc) is 2.34. The molecule has 0 heterocycles. The Morgan fingerprint density at radius 3 is 0.552 bits per heavy atom. The summed E-state index contributed by atoms with van der Waals surface area (Å²) in [6.45, 7) is 12.5. The third kappa shape index (κ3) is 72.8. The molecule has 0 saturated carbocycles. The Balaban J connectivity index is -0.0000000873. The van der Waals surface area contributed by atoms with Crippen LogP contribution in [0.25, 0.3) is 0 Å². The summed E-state index contributed by atoms with van der Waals surface area (Å²) >= 11 is 0. The van der Waals surface area contributed by atoms with Gasteiger partial charge in [0.2, 0.25) is 0 Å². The van der Waals surface area contributed by atoms with E-state index in [9.17, 15) is 37.8 Å². The van der Waals surface area contributed by atoms with Crippen LogP contribution in [0.15, 0.2) is 0 Å². The monoisotopic (exact) mass is 604 g/mol. The molecule has 0 aliphatic heterocycles. The fourth-order valence-electron chi connectivity index (χ4n) is 1.62. The normalized spacial score (nSPS) is 18.1. The minimum absolute atomic E-state index is 0. The van der Waals surface area contributed by atoms with Crippen LogP contribution >= 0.6 is 29.5 Å². The van der Waals surface area contributed by atoms with Gasteiger partial charge < -0.3 is 37.8 Å². The molecule has 0 aliphatic carbocycles. The number of hydrogen-bond donors (Lipinski definition) is 0. The van der Waals surface area contributed by atoms with Crippen molar-refractivity contribution in [3.63, 3.8) is 0 Å². The molecule has 0 radical (unpaired) electrons. The van der Waals surface area contributed by atoms with Gasteiger partial charge in [-0.15, -0.1) is 0 Å². The van der Waals surface area contributed by atoms with Crippen molar-refractivity contribution < 1.29 is 37.8 Å². The molecule has 8 nitrogen and oxygen atoms in total. The third-order valence-electron chi connectivity index (χ3n) is 2.52. The quantitative estimate of drug-likeness (QED) is 0.302. The fraction of sp³-hybridized carbons (Fsp3) is 1.00. The molecule has 4 unspecified atom stereocenters. The van der Waals surface area contributed by atoms with Gasteiger partial charge in [0.25, 0.3) is 0 Å². The molecule has 0 aromatic rings. The largest absolute Gasteiger partial charge is 4.00 e. The first-order valence-electron chi connectivity index (χ1n) is 9.34. The summed E-state index contributed by atoms with van der Waals surface area (Å²) in [4.78, 5) is 41.0. The van der Waals surface area contributed by atoms with Crippen LogP contribution in [0.4, 0.5) is 0 Å². The van der Waals surface area contributed by atoms with Gasteiger partial charge in [0.1, 0.15) is 0 Å². The first-order chi connectivity index (χ1) is 12.2. The molecule has 0 N–H and O–H groups in total. The maximum atomic E-state index is 10.3. The summed E-state index contributed by atoms with van der Waals surface area (Å²) in [5, 5.41) is 0. The molecule has 4 atom stereocenters. The van der Waals surface area contributed by atoms with Crippen molar-refractivity contribution in [2.75, 3.05) is 51.3 Å². The van der Waals surface area contributed by atoms with Crippen LogP contribution in [-0.2, 0) is 18.3 Å². The van der Waals surface area contributed by atoms with E-state index >= 15 is 0 Å². The van der Waals surface area contributed by atoms with E-state index in [4.69, 9.17) is 0 Å². The molecule has 0 bridgehead atoms. The Morgan fingerprint density at radius 2 is 0.552 bits per heavy atom. The van der Waals surface area contributed by atoms with Crippen LogP contribution in [0.5, 0.6) is 0 Å². The zero-order valence-electron chi connectivity index (χ0n) is 19.2. The zero-order chi connectivity index (χ0) is 23.7. The summed E-state index contributed by atoms with van der Waals surface area (Å²) < 4.78 is 41.0. The van der Waals surface area contributed by atoms with Crippen LogP contribution in [-0.4, -0.2) is 75.2 Å². The summed E-state index contributed by atoms with van der Waals surface area (Å²) in [5.74, 6) is 0. The summed E-state index contributed by atoms with van der Waals surface area (Å²) in [6, 6.07) is 0. The predicted octanol–water partition coefficient (Wildman–Crippen LogP) is 2.28. The van der Waals surface area contributed by atoms with Crippen LogP contribution in [0, 0.1) is 0 Å². The van der Waals surface area contributed by atoms with Crippen molar-refractivity contribution in [3.8, 4) is 0 Å². The summed E-state index contributed by atoms with van der Waals surface area (Å²) in [6.07, 6.45) is 4.29. The Bertz CT molecular complexity index is 437. The van der Waals surface area contributed by atoms with E-state index in [1.165, 1.54) is 26.7 Å². The Hall–Kier alpha value is 1.56. The maximum absolute atomic E-state index is 10.3. The number of hydrogen-bond acceptors (Lipinski definition) is 8. The second kappa shape index (κ2) is 21.4. The van der Waals surface area contributed by atoms with Crippen LogP contribution < -0.4 is 19.6 Å². The molecule has 0 aliphatic rings. The first kappa shape index (κ1) is 40.9. The molecule has 0 fully saturated rings. The Labute approximate surface area is 195 Å². The molecule has 0 spiro atoms. The molecular formula is C16H40O8P4Sn. The molecule has 29 heavy (non-hydrogen) atoms. The smallest absolute Gasteiger partial charge is 0.799 e. The molecule has 0 aromatic carbocycles. The van der Waals surface area contributed by atoms with Crippen molar-refractivity contribution >= 4 is 53.4 Å². The van der Waals surface area contributed by atoms with E-state index in [0.29, 0.717) is 24.6 Å².